The van der Waals surface area contributed by atoms with Crippen molar-refractivity contribution in [1.29, 1.82) is 5.41 Å². The van der Waals surface area contributed by atoms with Gasteiger partial charge in [0.2, 0.25) is 29.6 Å². The van der Waals surface area contributed by atoms with Crippen molar-refractivity contribution in [3.05, 3.63) is 188 Å². The number of aromatic nitrogens is 6. The average Bonchev–Trinajstić information content (AvgIpc) is 1.56. The molecule has 114 heavy (non-hydrogen) atoms. The molecule has 27 heteroatoms. The molecule has 5 N–H and O–H groups in total. The van der Waals surface area contributed by atoms with Gasteiger partial charge in [-0.15, -0.1) is 0 Å². The van der Waals surface area contributed by atoms with Crippen LogP contribution in [0.5, 0.6) is 5.88 Å². The third-order valence-corrected chi connectivity index (χ3v) is 20.3. The van der Waals surface area contributed by atoms with Crippen LogP contribution in [0.1, 0.15) is 192 Å². The normalized spacial score (nSPS) is 11.6. The second kappa shape index (κ2) is 41.6. The van der Waals surface area contributed by atoms with Gasteiger partial charge in [-0.1, -0.05) is 102 Å². The number of halogens is 3. The second-order valence-electron chi connectivity index (χ2n) is 28.8. The Kier molecular flexibility index (Phi) is 34.3. The molecule has 0 aliphatic carbocycles. The maximum absolute atomic E-state index is 13.0. The van der Waals surface area contributed by atoms with Crippen LogP contribution in [-0.4, -0.2) is 120 Å². The van der Waals surface area contributed by atoms with Crippen LogP contribution in [0.25, 0.3) is 0 Å². The number of rotatable bonds is 24. The van der Waals surface area contributed by atoms with Gasteiger partial charge in [-0.3, -0.25) is 34.5 Å². The molecule has 3 aromatic heterocycles. The van der Waals surface area contributed by atoms with Gasteiger partial charge >= 0.3 is 27.6 Å². The Morgan fingerprint density at radius 2 is 0.895 bits per heavy atom. The minimum atomic E-state index is -6.03. The predicted octanol–water partition coefficient (Wildman–Crippen LogP) is 17.8. The van der Waals surface area contributed by atoms with Gasteiger partial charge in [0.1, 0.15) is 5.82 Å². The summed E-state index contributed by atoms with van der Waals surface area (Å²) < 4.78 is 76.6. The number of guanidine groups is 1. The third kappa shape index (κ3) is 23.6. The molecule has 0 atom stereocenters. The van der Waals surface area contributed by atoms with Crippen LogP contribution in [0.15, 0.2) is 65.5 Å². The molecule has 9 rings (SSSR count). The summed E-state index contributed by atoms with van der Waals surface area (Å²) in [5.41, 5.74) is 25.0. The molecule has 620 valence electrons. The number of benzene rings is 5. The maximum Gasteiger partial charge on any atom is 0.534 e. The second-order valence-corrected chi connectivity index (χ2v) is 30.3. The standard InChI is InChI=1S/C23H32N4O.C21H26F3N3O5S.C20H27N3O3.C12H19N3.C11H17N/c1-8-18(9-2)27-20(28)13-19-17(7)24-23(25-22(19)27)26(10-3)21-15(5)11-14(4)12-16(21)6;1-7-27(18-13(4)9-12(3)10-14(18)5)20-25-15(6)16(11-17(28)31-8-2)19(26-20)32-33(29,30)21(22,23)24;1-7-23(18-13(4)9-12(3)10-14(18)5)20-21-15(6)16(19(25)22-20)11-17(24)26-8-2;1-5-15(12(13)14)11-9(3)6-8(2)7-10(11)4;1-5-12-11-9(3)6-8(2)7-10(11)4/h11-12,18H,8-10,13H2,1-7H3;9-10H,7-8,11H2,1-6H3;9-10H,7-8,11H2,1-6H3,(H,21,22,25);6-7H,5H2,1-4H3,(H3,13,14);6-7,12H,5H2,1-4H3. The molecule has 1 aliphatic rings. The number of nitrogens with zero attached hydrogens (tertiary/aromatic N) is 10. The van der Waals surface area contributed by atoms with Crippen molar-refractivity contribution in [3.8, 4) is 5.88 Å². The Balaban J connectivity index is 0.000000264. The molecule has 5 aromatic carbocycles. The van der Waals surface area contributed by atoms with Crippen molar-refractivity contribution in [2.24, 2.45) is 5.73 Å². The van der Waals surface area contributed by atoms with Crippen LogP contribution in [0, 0.1) is 130 Å². The number of H-pyrrole nitrogens is 1. The number of aryl methyl sites for hydroxylation is 18. The van der Waals surface area contributed by atoms with E-state index >= 15 is 0 Å². The van der Waals surface area contributed by atoms with E-state index in [2.05, 4.69) is 194 Å². The first-order valence-corrected chi connectivity index (χ1v) is 40.4. The fourth-order valence-corrected chi connectivity index (χ4v) is 15.4. The van der Waals surface area contributed by atoms with Crippen molar-refractivity contribution in [1.82, 2.24) is 29.9 Å². The zero-order valence-corrected chi connectivity index (χ0v) is 72.9. The molecule has 0 radical (unpaired) electrons. The Hall–Kier alpha value is -10.4. The molecule has 0 saturated carbocycles. The maximum atomic E-state index is 13.0. The fraction of sp³-hybridized carbons (Fsp3) is 0.471. The van der Waals surface area contributed by atoms with Gasteiger partial charge in [0.15, 0.2) is 5.96 Å². The SMILES string of the molecule is CCC(CC)N1C(=O)Cc2c(C)nc(N(CC)c3c(C)cc(C)cc3C)nc21.CCN(C(=N)N)c1c(C)cc(C)cc1C.CCNc1c(C)cc(C)cc1C.CCOC(=O)Cc1c(C)nc(N(CC)c2c(C)cc(C)cc2C)[nH]c1=O.CCOC(=O)Cc1c(C)nc(N(CC)c2c(C)cc(C)cc2C)nc1OS(=O)(=O)C(F)(F)F. The number of hydrogen-bond donors (Lipinski definition) is 4. The molecule has 0 spiro atoms. The number of anilines is 9. The number of alkyl halides is 3. The number of fused-ring (bicyclic) bond motifs is 1. The molecule has 0 fully saturated rings. The predicted molar refractivity (Wildman–Crippen MR) is 455 cm³/mol. The summed E-state index contributed by atoms with van der Waals surface area (Å²) in [6, 6.07) is 21.3. The van der Waals surface area contributed by atoms with Crippen molar-refractivity contribution in [3.63, 3.8) is 0 Å². The van der Waals surface area contributed by atoms with Gasteiger partial charge in [-0.05, 0) is 242 Å². The molecule has 1 amide bonds. The van der Waals surface area contributed by atoms with Gasteiger partial charge < -0.3 is 44.3 Å². The highest BCUT2D eigenvalue weighted by Crippen LogP contribution is 2.40. The highest BCUT2D eigenvalue weighted by atomic mass is 32.2. The molecule has 0 bridgehead atoms. The van der Waals surface area contributed by atoms with E-state index < -0.39 is 39.9 Å². The Bertz CT molecular complexity index is 4830. The zero-order valence-electron chi connectivity index (χ0n) is 72.1. The first kappa shape index (κ1) is 94.2. The number of amides is 1. The van der Waals surface area contributed by atoms with Gasteiger partial charge in [-0.25, -0.2) is 15.0 Å². The van der Waals surface area contributed by atoms with E-state index in [1.165, 1.54) is 68.2 Å². The van der Waals surface area contributed by atoms with E-state index in [-0.39, 0.29) is 60.3 Å². The monoisotopic (exact) mass is 1590 g/mol. The number of hydrogen-bond acceptors (Lipinski definition) is 19. The molecular weight excluding hydrogens is 1470 g/mol. The van der Waals surface area contributed by atoms with Crippen molar-refractivity contribution in [2.75, 3.05) is 75.8 Å². The first-order chi connectivity index (χ1) is 53.4. The van der Waals surface area contributed by atoms with E-state index in [0.29, 0.717) is 42.7 Å². The lowest BCUT2D eigenvalue weighted by Gasteiger charge is -2.29. The summed E-state index contributed by atoms with van der Waals surface area (Å²) in [7, 11) is -6.03. The number of ether oxygens (including phenoxy) is 2. The largest absolute Gasteiger partial charge is 0.534 e. The van der Waals surface area contributed by atoms with Crippen LogP contribution < -0.4 is 45.3 Å². The van der Waals surface area contributed by atoms with E-state index in [1.807, 2.05) is 68.4 Å². The lowest BCUT2D eigenvalue weighted by Crippen LogP contribution is -2.37. The quantitative estimate of drug-likeness (QED) is 0.0144. The number of nitrogens with two attached hydrogens (primary N) is 1. The minimum Gasteiger partial charge on any atom is -0.466 e. The highest BCUT2D eigenvalue weighted by Gasteiger charge is 2.49. The number of nitrogens with one attached hydrogen (secondary N) is 3. The van der Waals surface area contributed by atoms with E-state index in [1.54, 1.807) is 32.6 Å². The summed E-state index contributed by atoms with van der Waals surface area (Å²) in [6.45, 7) is 57.4. The number of aromatic amines is 1. The van der Waals surface area contributed by atoms with Gasteiger partial charge in [0, 0.05) is 89.6 Å². The number of carbonyl (C=O) groups excluding carboxylic acids is 3. The van der Waals surface area contributed by atoms with E-state index in [0.717, 1.165) is 100 Å². The van der Waals surface area contributed by atoms with Gasteiger partial charge in [-0.2, -0.15) is 31.6 Å². The highest BCUT2D eigenvalue weighted by molar-refractivity contribution is 7.88. The zero-order chi connectivity index (χ0) is 85.9. The van der Waals surface area contributed by atoms with E-state index in [4.69, 9.17) is 30.6 Å². The topological polar surface area (TPSA) is 288 Å². The molecule has 23 nitrogen and oxygen atoms in total. The van der Waals surface area contributed by atoms with Crippen molar-refractivity contribution in [2.45, 2.75) is 231 Å². The molecule has 1 aliphatic heterocycles. The summed E-state index contributed by atoms with van der Waals surface area (Å²) in [6.07, 6.45) is 1.63. The number of esters is 2. The Labute approximate surface area is 673 Å². The van der Waals surface area contributed by atoms with Gasteiger partial charge in [0.05, 0.1) is 43.9 Å². The lowest BCUT2D eigenvalue weighted by molar-refractivity contribution is -0.143. The summed E-state index contributed by atoms with van der Waals surface area (Å²) >= 11 is 0. The van der Waals surface area contributed by atoms with Crippen LogP contribution in [0.4, 0.5) is 65.3 Å². The average molecular weight is 1600 g/mol. The summed E-state index contributed by atoms with van der Waals surface area (Å²) in [5, 5.41) is 10.9. The molecule has 0 unspecified atom stereocenters. The van der Waals surface area contributed by atoms with Gasteiger partial charge in [0.25, 0.3) is 5.56 Å². The third-order valence-electron chi connectivity index (χ3n) is 19.4. The van der Waals surface area contributed by atoms with Crippen LogP contribution >= 0.6 is 0 Å². The molecular formula is C87H121F3N14O9S. The minimum absolute atomic E-state index is 0.0312. The Morgan fingerprint density at radius 1 is 0.526 bits per heavy atom. The molecule has 4 heterocycles. The summed E-state index contributed by atoms with van der Waals surface area (Å²) in [5.74, 6) is 0.0709. The molecule has 0 saturated heterocycles. The Morgan fingerprint density at radius 3 is 1.25 bits per heavy atom. The van der Waals surface area contributed by atoms with Crippen molar-refractivity contribution >= 4 is 86.0 Å². The first-order valence-electron chi connectivity index (χ1n) is 39.0. The number of carbonyl (C=O) groups is 3. The van der Waals surface area contributed by atoms with Crippen LogP contribution in [-0.2, 0) is 53.2 Å². The smallest absolute Gasteiger partial charge is 0.466 e. The molecule has 8 aromatic rings. The van der Waals surface area contributed by atoms with Crippen molar-refractivity contribution < 1.29 is 49.6 Å². The lowest BCUT2D eigenvalue weighted by atomic mass is 10.0. The van der Waals surface area contributed by atoms with E-state index in [9.17, 15) is 40.8 Å². The van der Waals surface area contributed by atoms with Crippen LogP contribution in [0.3, 0.4) is 0 Å². The fourth-order valence-electron chi connectivity index (χ4n) is 14.9. The summed E-state index contributed by atoms with van der Waals surface area (Å²) in [4.78, 5) is 84.0. The van der Waals surface area contributed by atoms with Crippen LogP contribution in [0.2, 0.25) is 0 Å².